The minimum atomic E-state index is -6.72. The van der Waals surface area contributed by atoms with Crippen molar-refractivity contribution < 1.29 is 95.3 Å². The van der Waals surface area contributed by atoms with Gasteiger partial charge in [-0.2, -0.15) is 52.7 Å². The number of nitrogens with zero attached hydrogens (tertiary/aromatic N) is 4. The first-order chi connectivity index (χ1) is 28.9. The minimum Gasteiger partial charge on any atom is -0.421 e. The molecule has 0 saturated carbocycles. The van der Waals surface area contributed by atoms with Crippen LogP contribution in [0.5, 0.6) is 0 Å². The lowest BCUT2D eigenvalue weighted by atomic mass is 10.1. The van der Waals surface area contributed by atoms with Gasteiger partial charge in [0.1, 0.15) is 0 Å². The Morgan fingerprint density at radius 2 is 0.391 bits per heavy atom. The van der Waals surface area contributed by atoms with Crippen molar-refractivity contribution in [3.8, 4) is 0 Å². The molecule has 0 radical (unpaired) electrons. The van der Waals surface area contributed by atoms with Gasteiger partial charge >= 0.3 is 22.0 Å². The summed E-state index contributed by atoms with van der Waals surface area (Å²) in [6, 6.07) is 0. The van der Waals surface area contributed by atoms with Crippen LogP contribution in [-0.2, 0) is 40.1 Å². The van der Waals surface area contributed by atoms with Crippen molar-refractivity contribution in [2.45, 2.75) is 180 Å². The number of alkyl halides is 12. The molecule has 0 heterocycles. The zero-order valence-corrected chi connectivity index (χ0v) is 41.5. The third-order valence-electron chi connectivity index (χ3n) is 9.45. The molecule has 392 valence electrons. The van der Waals surface area contributed by atoms with E-state index >= 15 is 0 Å². The van der Waals surface area contributed by atoms with Gasteiger partial charge in [0.2, 0.25) is 0 Å². The zero-order valence-electron chi connectivity index (χ0n) is 38.2. The molecule has 0 aliphatic rings. The molecule has 0 unspecified atom stereocenters. The van der Waals surface area contributed by atoms with Crippen LogP contribution < -0.4 is 0 Å². The van der Waals surface area contributed by atoms with Crippen LogP contribution in [0.2, 0.25) is 0 Å². The lowest BCUT2D eigenvalue weighted by molar-refractivity contribution is -0.929. The number of hydrogen-bond acceptors (Lipinski definition) is 8. The van der Waals surface area contributed by atoms with Crippen molar-refractivity contribution in [1.82, 2.24) is 0 Å². The molecule has 0 fully saturated rings. The molecule has 64 heavy (non-hydrogen) atoms. The Labute approximate surface area is 375 Å². The second-order valence-corrected chi connectivity index (χ2v) is 22.0. The maximum absolute atomic E-state index is 11.4. The molecular formula is C36H72F12N4O8S4. The number of sulfonamides is 4. The average molecular weight is 1050 g/mol. The Bertz CT molecular complexity index is 1380. The van der Waals surface area contributed by atoms with E-state index in [9.17, 15) is 86.4 Å². The summed E-state index contributed by atoms with van der Waals surface area (Å²) in [5, 5.41) is 0. The van der Waals surface area contributed by atoms with E-state index in [1.54, 1.807) is 0 Å². The van der Waals surface area contributed by atoms with Crippen LogP contribution in [0, 0.1) is 0 Å². The zero-order chi connectivity index (χ0) is 51.4. The summed E-state index contributed by atoms with van der Waals surface area (Å²) in [6.07, 6.45) is 22.1. The van der Waals surface area contributed by atoms with E-state index in [0.717, 1.165) is 8.25 Å². The van der Waals surface area contributed by atoms with E-state index in [0.29, 0.717) is 0 Å². The fourth-order valence-electron chi connectivity index (χ4n) is 5.72. The van der Waals surface area contributed by atoms with Crippen molar-refractivity contribution in [1.29, 1.82) is 0 Å². The molecule has 12 nitrogen and oxygen atoms in total. The Morgan fingerprint density at radius 3 is 0.469 bits per heavy atom. The molecule has 0 aliphatic heterocycles. The predicted octanol–water partition coefficient (Wildman–Crippen LogP) is 12.1. The highest BCUT2D eigenvalue weighted by molar-refractivity contribution is 8.13. The highest BCUT2D eigenvalue weighted by Gasteiger charge is 2.48. The third kappa shape index (κ3) is 28.9. The number of rotatable bonds is 28. The number of quaternary nitrogens is 2. The van der Waals surface area contributed by atoms with Crippen LogP contribution in [0.1, 0.15) is 158 Å². The van der Waals surface area contributed by atoms with Crippen molar-refractivity contribution in [2.75, 3.05) is 52.4 Å². The molecule has 0 bridgehead atoms. The van der Waals surface area contributed by atoms with E-state index in [1.807, 2.05) is 0 Å². The third-order valence-corrected chi connectivity index (χ3v) is 14.9. The van der Waals surface area contributed by atoms with Gasteiger partial charge in [0.25, 0.3) is 0 Å². The normalized spacial score (nSPS) is 13.6. The Morgan fingerprint density at radius 1 is 0.281 bits per heavy atom. The Hall–Kier alpha value is -1.20. The number of halogens is 12. The van der Waals surface area contributed by atoms with Gasteiger partial charge in [-0.1, -0.05) is 107 Å². The molecule has 0 atom stereocenters. The van der Waals surface area contributed by atoms with Gasteiger partial charge in [-0.25, -0.2) is 33.7 Å². The second kappa shape index (κ2) is 31.8. The standard InChI is InChI=1S/2C16H36N.2C2F6NO4S2/c2*1-5-9-13-17(14-10-6-2,15-11-7-3)16-12-8-4;2*3-1(4,5)14(10,11)9-15(12,13)2(6,7)8/h2*5-16H2,1-4H3;;/q2*+1;2*-1. The maximum Gasteiger partial charge on any atom is 0.480 e. The summed E-state index contributed by atoms with van der Waals surface area (Å²) in [4.78, 5) is 0. The lowest BCUT2D eigenvalue weighted by Crippen LogP contribution is -2.50. The van der Waals surface area contributed by atoms with E-state index in [-0.39, 0.29) is 0 Å². The molecule has 0 aromatic rings. The molecule has 0 spiro atoms. The average Bonchev–Trinajstić information content (AvgIpc) is 3.15. The molecule has 0 aromatic carbocycles. The fourth-order valence-corrected chi connectivity index (χ4v) is 9.14. The fraction of sp³-hybridized carbons (Fsp3) is 1.00. The van der Waals surface area contributed by atoms with Crippen molar-refractivity contribution in [3.63, 3.8) is 0 Å². The van der Waals surface area contributed by atoms with Gasteiger partial charge < -0.3 is 17.2 Å². The van der Waals surface area contributed by atoms with Crippen LogP contribution in [0.15, 0.2) is 0 Å². The summed E-state index contributed by atoms with van der Waals surface area (Å²) < 4.78 is 221. The van der Waals surface area contributed by atoms with Crippen molar-refractivity contribution in [2.24, 2.45) is 0 Å². The lowest BCUT2D eigenvalue weighted by Gasteiger charge is -2.39. The van der Waals surface area contributed by atoms with Gasteiger partial charge in [-0.15, -0.1) is 0 Å². The first kappa shape index (κ1) is 69.4. The molecule has 28 heteroatoms. The van der Waals surface area contributed by atoms with Crippen LogP contribution in [0.3, 0.4) is 0 Å². The number of hydrogen-bond donors (Lipinski definition) is 0. The summed E-state index contributed by atoms with van der Waals surface area (Å²) in [5.74, 6) is 0. The maximum atomic E-state index is 11.4. The van der Waals surface area contributed by atoms with E-state index in [1.165, 1.54) is 164 Å². The second-order valence-electron chi connectivity index (χ2n) is 15.1. The quantitative estimate of drug-likeness (QED) is 0.0552. The molecule has 0 aromatic heterocycles. The molecule has 0 N–H and O–H groups in total. The summed E-state index contributed by atoms with van der Waals surface area (Å²) in [5.41, 5.74) is -24.8. The first-order valence-electron chi connectivity index (χ1n) is 21.3. The van der Waals surface area contributed by atoms with E-state index in [4.69, 9.17) is 0 Å². The monoisotopic (exact) mass is 1040 g/mol. The van der Waals surface area contributed by atoms with Crippen molar-refractivity contribution >= 4 is 40.1 Å². The van der Waals surface area contributed by atoms with Crippen molar-refractivity contribution in [3.05, 3.63) is 8.25 Å². The molecule has 0 saturated heterocycles. The topological polar surface area (TPSA) is 165 Å². The number of unbranched alkanes of at least 4 members (excludes halogenated alkanes) is 8. The minimum absolute atomic E-state index is 0.778. The van der Waals surface area contributed by atoms with Gasteiger partial charge in [0, 0.05) is 0 Å². The molecule has 0 amide bonds. The van der Waals surface area contributed by atoms with Crippen LogP contribution in [-0.4, -0.2) is 117 Å². The first-order valence-corrected chi connectivity index (χ1v) is 27.1. The van der Waals surface area contributed by atoms with Crippen LogP contribution in [0.4, 0.5) is 52.7 Å². The van der Waals surface area contributed by atoms with Crippen LogP contribution >= 0.6 is 0 Å². The highest BCUT2D eigenvalue weighted by Crippen LogP contribution is 2.37. The highest BCUT2D eigenvalue weighted by atomic mass is 32.3. The summed E-state index contributed by atoms with van der Waals surface area (Å²) in [7, 11) is -26.9. The summed E-state index contributed by atoms with van der Waals surface area (Å²) in [6.45, 7) is 30.0. The Kier molecular flexibility index (Phi) is 34.4. The van der Waals surface area contributed by atoms with E-state index in [2.05, 4.69) is 55.4 Å². The largest absolute Gasteiger partial charge is 0.480 e. The van der Waals surface area contributed by atoms with E-state index < -0.39 is 62.1 Å². The smallest absolute Gasteiger partial charge is 0.421 e. The Balaban J connectivity index is -0.000000376. The molecular weight excluding hydrogens is 973 g/mol. The molecule has 0 aliphatic carbocycles. The van der Waals surface area contributed by atoms with Gasteiger partial charge in [-0.05, 0) is 51.4 Å². The summed E-state index contributed by atoms with van der Waals surface area (Å²) >= 11 is 0. The van der Waals surface area contributed by atoms with Gasteiger partial charge in [0.15, 0.2) is 40.1 Å². The van der Waals surface area contributed by atoms with Crippen LogP contribution in [0.25, 0.3) is 8.25 Å². The van der Waals surface area contributed by atoms with Gasteiger partial charge in [-0.3, -0.25) is 0 Å². The SMILES string of the molecule is CCCC[N+](CCCC)(CCCC)CCCC.CCCC[N+](CCCC)(CCCC)CCCC.O=S(=O)([N-]S(=O)(=O)C(F)(F)F)C(F)(F)F.O=S(=O)([N-]S(=O)(=O)C(F)(F)F)C(F)(F)F. The molecule has 0 rings (SSSR count). The predicted molar refractivity (Wildman–Crippen MR) is 225 cm³/mol. The van der Waals surface area contributed by atoms with Gasteiger partial charge in [0.05, 0.1) is 52.4 Å².